The van der Waals surface area contributed by atoms with E-state index < -0.39 is 0 Å². The second kappa shape index (κ2) is 8.56. The molecule has 0 saturated heterocycles. The molecule has 3 rings (SSSR count). The van der Waals surface area contributed by atoms with Crippen LogP contribution in [0.25, 0.3) is 11.0 Å². The molecule has 3 aromatic rings. The van der Waals surface area contributed by atoms with E-state index in [9.17, 15) is 4.79 Å². The van der Waals surface area contributed by atoms with Gasteiger partial charge in [0.1, 0.15) is 5.82 Å². The Morgan fingerprint density at radius 2 is 2.04 bits per heavy atom. The van der Waals surface area contributed by atoms with Crippen molar-refractivity contribution in [3.05, 3.63) is 53.3 Å². The third-order valence-electron chi connectivity index (χ3n) is 4.38. The number of benzene rings is 2. The molecule has 0 aliphatic carbocycles. The molecule has 0 unspecified atom stereocenters. The fraction of sp³-hybridized carbons (Fsp3) is 0.286. The fourth-order valence-electron chi connectivity index (χ4n) is 3.06. The quantitative estimate of drug-likeness (QED) is 0.502. The predicted molar refractivity (Wildman–Crippen MR) is 109 cm³/mol. The molecule has 0 fully saturated rings. The molecule has 0 radical (unpaired) electrons. The van der Waals surface area contributed by atoms with Gasteiger partial charge in [0.05, 0.1) is 31.0 Å². The van der Waals surface area contributed by atoms with Gasteiger partial charge < -0.3 is 14.0 Å². The van der Waals surface area contributed by atoms with Crippen LogP contribution in [-0.2, 0) is 6.54 Å². The molecule has 0 saturated carbocycles. The number of carbonyl (C=O) groups is 1. The molecule has 0 atom stereocenters. The minimum absolute atomic E-state index is 0.292. The molecule has 1 heterocycles. The number of ether oxygens (including phenoxy) is 2. The molecule has 1 amide bonds. The second-order valence-electron chi connectivity index (χ2n) is 6.15. The number of hydrogen-bond acceptors (Lipinski definition) is 5. The third kappa shape index (κ3) is 3.98. The molecule has 0 aliphatic rings. The first kappa shape index (κ1) is 19.4. The summed E-state index contributed by atoms with van der Waals surface area (Å²) in [6.45, 7) is 7.33. The van der Waals surface area contributed by atoms with Crippen LogP contribution in [-0.4, -0.2) is 35.4 Å². The van der Waals surface area contributed by atoms with Crippen molar-refractivity contribution in [2.75, 3.05) is 13.7 Å². The Bertz CT molecular complexity index is 1020. The number of aromatic nitrogens is 2. The number of amides is 1. The summed E-state index contributed by atoms with van der Waals surface area (Å²) in [7, 11) is 1.58. The van der Waals surface area contributed by atoms with E-state index in [-0.39, 0.29) is 5.91 Å². The molecule has 1 N–H and O–H groups in total. The molecule has 0 aliphatic heterocycles. The molecule has 28 heavy (non-hydrogen) atoms. The first-order chi connectivity index (χ1) is 13.6. The van der Waals surface area contributed by atoms with Gasteiger partial charge in [0.15, 0.2) is 11.5 Å². The highest BCUT2D eigenvalue weighted by molar-refractivity contribution is 5.98. The van der Waals surface area contributed by atoms with Crippen LogP contribution in [0, 0.1) is 6.92 Å². The molecule has 7 heteroatoms. The lowest BCUT2D eigenvalue weighted by Crippen LogP contribution is -2.17. The van der Waals surface area contributed by atoms with E-state index in [1.165, 1.54) is 0 Å². The van der Waals surface area contributed by atoms with Crippen LogP contribution in [0.15, 0.2) is 41.5 Å². The van der Waals surface area contributed by atoms with E-state index in [4.69, 9.17) is 9.47 Å². The molecule has 0 bridgehead atoms. The number of imidazole rings is 1. The van der Waals surface area contributed by atoms with Gasteiger partial charge in [0.2, 0.25) is 0 Å². The number of fused-ring (bicyclic) bond motifs is 1. The molecular weight excluding hydrogens is 356 g/mol. The van der Waals surface area contributed by atoms with Gasteiger partial charge in [-0.3, -0.25) is 4.79 Å². The van der Waals surface area contributed by atoms with Crippen LogP contribution in [0.1, 0.15) is 35.6 Å². The van der Waals surface area contributed by atoms with Crippen molar-refractivity contribution in [1.29, 1.82) is 0 Å². The monoisotopic (exact) mass is 380 g/mol. The van der Waals surface area contributed by atoms with Crippen molar-refractivity contribution < 1.29 is 14.3 Å². The molecule has 1 aromatic heterocycles. The zero-order chi connectivity index (χ0) is 20.1. The number of carbonyl (C=O) groups excluding carboxylic acids is 1. The predicted octanol–water partition coefficient (Wildman–Crippen LogP) is 3.54. The summed E-state index contributed by atoms with van der Waals surface area (Å²) in [6, 6.07) is 10.9. The van der Waals surface area contributed by atoms with Crippen molar-refractivity contribution >= 4 is 23.2 Å². The van der Waals surface area contributed by atoms with Gasteiger partial charge in [0.25, 0.3) is 5.91 Å². The Hall–Kier alpha value is -3.35. The lowest BCUT2D eigenvalue weighted by Gasteiger charge is -2.09. The van der Waals surface area contributed by atoms with Gasteiger partial charge in [-0.15, -0.1) is 0 Å². The maximum absolute atomic E-state index is 12.4. The third-order valence-corrected chi connectivity index (χ3v) is 4.38. The van der Waals surface area contributed by atoms with E-state index in [1.54, 1.807) is 31.5 Å². The molecule has 146 valence electrons. The van der Waals surface area contributed by atoms with E-state index >= 15 is 0 Å². The Morgan fingerprint density at radius 3 is 2.75 bits per heavy atom. The van der Waals surface area contributed by atoms with Gasteiger partial charge in [-0.25, -0.2) is 10.4 Å². The SMILES string of the molecule is CCOc1ccc(C=NNC(=O)c2ccc3c(c2)nc(C)n3CC)cc1OC. The summed E-state index contributed by atoms with van der Waals surface area (Å²) < 4.78 is 12.9. The summed E-state index contributed by atoms with van der Waals surface area (Å²) in [5.74, 6) is 1.92. The minimum atomic E-state index is -0.292. The summed E-state index contributed by atoms with van der Waals surface area (Å²) in [4.78, 5) is 16.9. The Balaban J connectivity index is 1.72. The molecule has 2 aromatic carbocycles. The highest BCUT2D eigenvalue weighted by Gasteiger charge is 2.10. The maximum Gasteiger partial charge on any atom is 0.271 e. The lowest BCUT2D eigenvalue weighted by molar-refractivity contribution is 0.0955. The highest BCUT2D eigenvalue weighted by atomic mass is 16.5. The molecule has 0 spiro atoms. The van der Waals surface area contributed by atoms with Crippen LogP contribution in [0.3, 0.4) is 0 Å². The maximum atomic E-state index is 12.4. The first-order valence-electron chi connectivity index (χ1n) is 9.18. The minimum Gasteiger partial charge on any atom is -0.493 e. The van der Waals surface area contributed by atoms with Crippen LogP contribution in [0.5, 0.6) is 11.5 Å². The Kier molecular flexibility index (Phi) is 5.93. The van der Waals surface area contributed by atoms with E-state index in [2.05, 4.69) is 27.0 Å². The van der Waals surface area contributed by atoms with Crippen molar-refractivity contribution in [3.63, 3.8) is 0 Å². The van der Waals surface area contributed by atoms with E-state index in [0.29, 0.717) is 23.7 Å². The van der Waals surface area contributed by atoms with Crippen LogP contribution in [0.2, 0.25) is 0 Å². The zero-order valence-electron chi connectivity index (χ0n) is 16.5. The Morgan fingerprint density at radius 1 is 1.21 bits per heavy atom. The van der Waals surface area contributed by atoms with Crippen LogP contribution >= 0.6 is 0 Å². The fourth-order valence-corrected chi connectivity index (χ4v) is 3.06. The molecule has 7 nitrogen and oxygen atoms in total. The highest BCUT2D eigenvalue weighted by Crippen LogP contribution is 2.27. The largest absolute Gasteiger partial charge is 0.493 e. The average molecular weight is 380 g/mol. The number of methoxy groups -OCH3 is 1. The normalized spacial score (nSPS) is 11.1. The van der Waals surface area contributed by atoms with Crippen molar-refractivity contribution in [2.24, 2.45) is 5.10 Å². The number of nitrogens with one attached hydrogen (secondary N) is 1. The smallest absolute Gasteiger partial charge is 0.271 e. The van der Waals surface area contributed by atoms with Gasteiger partial charge in [-0.05, 0) is 62.7 Å². The second-order valence-corrected chi connectivity index (χ2v) is 6.15. The van der Waals surface area contributed by atoms with Crippen molar-refractivity contribution in [2.45, 2.75) is 27.3 Å². The Labute approximate surface area is 164 Å². The number of aryl methyl sites for hydroxylation is 2. The number of rotatable bonds is 7. The summed E-state index contributed by atoms with van der Waals surface area (Å²) in [6.07, 6.45) is 1.56. The summed E-state index contributed by atoms with van der Waals surface area (Å²) >= 11 is 0. The number of nitrogens with zero attached hydrogens (tertiary/aromatic N) is 3. The number of hydrazone groups is 1. The van der Waals surface area contributed by atoms with E-state index in [1.807, 2.05) is 32.0 Å². The van der Waals surface area contributed by atoms with Crippen LogP contribution in [0.4, 0.5) is 0 Å². The standard InChI is InChI=1S/C21H24N4O3/c1-5-25-14(3)23-17-12-16(8-9-18(17)25)21(26)24-22-13-15-7-10-19(28-6-2)20(11-15)27-4/h7-13H,5-6H2,1-4H3,(H,24,26). The van der Waals surface area contributed by atoms with Crippen molar-refractivity contribution in [1.82, 2.24) is 15.0 Å². The van der Waals surface area contributed by atoms with E-state index in [0.717, 1.165) is 29.0 Å². The average Bonchev–Trinajstić information content (AvgIpc) is 3.03. The molecular formula is C21H24N4O3. The first-order valence-corrected chi connectivity index (χ1v) is 9.18. The summed E-state index contributed by atoms with van der Waals surface area (Å²) in [5, 5.41) is 4.04. The van der Waals surface area contributed by atoms with Gasteiger partial charge >= 0.3 is 0 Å². The zero-order valence-corrected chi connectivity index (χ0v) is 16.5. The van der Waals surface area contributed by atoms with Gasteiger partial charge in [-0.2, -0.15) is 5.10 Å². The summed E-state index contributed by atoms with van der Waals surface area (Å²) in [5.41, 5.74) is 5.66. The van der Waals surface area contributed by atoms with Crippen LogP contribution < -0.4 is 14.9 Å². The van der Waals surface area contributed by atoms with Crippen molar-refractivity contribution in [3.8, 4) is 11.5 Å². The topological polar surface area (TPSA) is 77.7 Å². The van der Waals surface area contributed by atoms with Gasteiger partial charge in [-0.1, -0.05) is 0 Å². The van der Waals surface area contributed by atoms with Gasteiger partial charge in [0, 0.05) is 12.1 Å². The lowest BCUT2D eigenvalue weighted by atomic mass is 10.2. The number of hydrogen-bond donors (Lipinski definition) is 1.